The fraction of sp³-hybridized carbons (Fsp3) is 0.348. The fourth-order valence-electron chi connectivity index (χ4n) is 3.93. The molecule has 1 aliphatic rings. The third kappa shape index (κ3) is 4.16. The van der Waals surface area contributed by atoms with E-state index in [0.717, 1.165) is 34.5 Å². The molecule has 1 aliphatic carbocycles. The van der Waals surface area contributed by atoms with Gasteiger partial charge >= 0.3 is 0 Å². The molecule has 0 bridgehead atoms. The molecule has 2 aromatic heterocycles. The Morgan fingerprint density at radius 1 is 0.926 bits per heavy atom. The number of carbonyl (C=O) groups is 1. The normalized spacial score (nSPS) is 15.9. The van der Waals surface area contributed by atoms with Crippen LogP contribution in [0.4, 0.5) is 0 Å². The van der Waals surface area contributed by atoms with Crippen molar-refractivity contribution in [2.24, 2.45) is 0 Å². The van der Waals surface area contributed by atoms with E-state index >= 15 is 0 Å². The summed E-state index contributed by atoms with van der Waals surface area (Å²) in [5, 5.41) is 5.44. The van der Waals surface area contributed by atoms with Gasteiger partial charge in [-0.3, -0.25) is 4.79 Å². The monoisotopic (exact) mass is 378 g/mol. The highest BCUT2D eigenvalue weighted by Crippen LogP contribution is 2.35. The molecule has 0 unspecified atom stereocenters. The molecule has 3 aromatic rings. The molecule has 4 rings (SSSR count). The van der Waals surface area contributed by atoms with Crippen molar-refractivity contribution < 1.29 is 4.79 Å². The van der Waals surface area contributed by atoms with Crippen LogP contribution in [-0.4, -0.2) is 16.5 Å². The standard InChI is InChI=1S/C23H26N2OS/c26-23(24-19-13-7-2-1-3-8-14-19)22-21(25-15-9-10-16-25)20(17-27-22)18-11-5-4-6-12-18/h4-6,9-12,15-17,19H,1-3,7-8,13-14H2,(H,24,26). The molecule has 2 heterocycles. The first-order valence-electron chi connectivity index (χ1n) is 9.94. The molecule has 1 saturated carbocycles. The van der Waals surface area contributed by atoms with Crippen molar-refractivity contribution in [2.45, 2.75) is 51.0 Å². The van der Waals surface area contributed by atoms with Crippen LogP contribution >= 0.6 is 11.3 Å². The van der Waals surface area contributed by atoms with Crippen LogP contribution in [0.2, 0.25) is 0 Å². The Labute approximate surface area is 165 Å². The van der Waals surface area contributed by atoms with E-state index in [2.05, 4.69) is 27.4 Å². The number of benzene rings is 1. The van der Waals surface area contributed by atoms with Gasteiger partial charge in [0.15, 0.2) is 0 Å². The zero-order valence-electron chi connectivity index (χ0n) is 15.6. The van der Waals surface area contributed by atoms with Gasteiger partial charge in [-0.25, -0.2) is 0 Å². The summed E-state index contributed by atoms with van der Waals surface area (Å²) >= 11 is 1.54. The zero-order valence-corrected chi connectivity index (χ0v) is 16.4. The molecular weight excluding hydrogens is 352 g/mol. The van der Waals surface area contributed by atoms with E-state index in [1.807, 2.05) is 42.7 Å². The van der Waals surface area contributed by atoms with Gasteiger partial charge in [-0.1, -0.05) is 62.4 Å². The number of hydrogen-bond donors (Lipinski definition) is 1. The quantitative estimate of drug-likeness (QED) is 0.589. The van der Waals surface area contributed by atoms with Crippen LogP contribution in [0, 0.1) is 0 Å². The van der Waals surface area contributed by atoms with Gasteiger partial charge in [-0.2, -0.15) is 0 Å². The molecule has 3 nitrogen and oxygen atoms in total. The molecule has 0 spiro atoms. The molecule has 1 aromatic carbocycles. The van der Waals surface area contributed by atoms with Crippen molar-refractivity contribution >= 4 is 17.2 Å². The van der Waals surface area contributed by atoms with E-state index in [1.165, 1.54) is 32.1 Å². The Hall–Kier alpha value is -2.33. The summed E-state index contributed by atoms with van der Waals surface area (Å²) < 4.78 is 2.06. The van der Waals surface area contributed by atoms with E-state index < -0.39 is 0 Å². The molecular formula is C23H26N2OS. The third-order valence-corrected chi connectivity index (χ3v) is 6.33. The van der Waals surface area contributed by atoms with Gasteiger partial charge in [0.05, 0.1) is 5.69 Å². The second-order valence-electron chi connectivity index (χ2n) is 7.30. The SMILES string of the molecule is O=C(NC1CCCCCCC1)c1scc(-c2ccccc2)c1-n1cccc1. The molecule has 0 saturated heterocycles. The van der Waals surface area contributed by atoms with Crippen LogP contribution in [-0.2, 0) is 0 Å². The van der Waals surface area contributed by atoms with E-state index in [4.69, 9.17) is 0 Å². The summed E-state index contributed by atoms with van der Waals surface area (Å²) in [6.07, 6.45) is 12.6. The number of carbonyl (C=O) groups excluding carboxylic acids is 1. The summed E-state index contributed by atoms with van der Waals surface area (Å²) in [4.78, 5) is 14.0. The maximum atomic E-state index is 13.2. The molecule has 27 heavy (non-hydrogen) atoms. The lowest BCUT2D eigenvalue weighted by atomic mass is 9.96. The van der Waals surface area contributed by atoms with Crippen molar-refractivity contribution in [3.63, 3.8) is 0 Å². The van der Waals surface area contributed by atoms with Crippen LogP contribution in [0.1, 0.15) is 54.6 Å². The molecule has 1 amide bonds. The number of nitrogens with one attached hydrogen (secondary N) is 1. The number of amides is 1. The minimum Gasteiger partial charge on any atom is -0.349 e. The van der Waals surface area contributed by atoms with Crippen molar-refractivity contribution in [3.8, 4) is 16.8 Å². The molecule has 0 radical (unpaired) electrons. The molecule has 140 valence electrons. The number of nitrogens with zero attached hydrogens (tertiary/aromatic N) is 1. The highest BCUT2D eigenvalue weighted by Gasteiger charge is 2.22. The van der Waals surface area contributed by atoms with Gasteiger partial charge in [0.2, 0.25) is 0 Å². The Bertz CT molecular complexity index is 859. The smallest absolute Gasteiger partial charge is 0.263 e. The Morgan fingerprint density at radius 2 is 1.59 bits per heavy atom. The lowest BCUT2D eigenvalue weighted by Crippen LogP contribution is -2.35. The first kappa shape index (κ1) is 18.1. The maximum Gasteiger partial charge on any atom is 0.263 e. The van der Waals surface area contributed by atoms with Crippen molar-refractivity contribution in [1.82, 2.24) is 9.88 Å². The highest BCUT2D eigenvalue weighted by molar-refractivity contribution is 7.13. The summed E-state index contributed by atoms with van der Waals surface area (Å²) in [6.45, 7) is 0. The molecule has 1 N–H and O–H groups in total. The Morgan fingerprint density at radius 3 is 2.30 bits per heavy atom. The van der Waals surface area contributed by atoms with Crippen molar-refractivity contribution in [3.05, 3.63) is 65.1 Å². The molecule has 0 aliphatic heterocycles. The second-order valence-corrected chi connectivity index (χ2v) is 8.18. The molecule has 4 heteroatoms. The highest BCUT2D eigenvalue weighted by atomic mass is 32.1. The molecule has 1 fully saturated rings. The van der Waals surface area contributed by atoms with E-state index in [-0.39, 0.29) is 5.91 Å². The summed E-state index contributed by atoms with van der Waals surface area (Å²) in [5.41, 5.74) is 3.24. The van der Waals surface area contributed by atoms with Crippen LogP contribution < -0.4 is 5.32 Å². The fourth-order valence-corrected chi connectivity index (χ4v) is 4.90. The van der Waals surface area contributed by atoms with E-state index in [1.54, 1.807) is 11.3 Å². The number of hydrogen-bond acceptors (Lipinski definition) is 2. The zero-order chi connectivity index (χ0) is 18.5. The summed E-state index contributed by atoms with van der Waals surface area (Å²) in [5.74, 6) is 0.0662. The number of rotatable bonds is 4. The first-order valence-corrected chi connectivity index (χ1v) is 10.8. The number of thiophene rings is 1. The topological polar surface area (TPSA) is 34.0 Å². The van der Waals surface area contributed by atoms with Gasteiger partial charge in [0, 0.05) is 29.4 Å². The average Bonchev–Trinajstić information content (AvgIpc) is 3.33. The van der Waals surface area contributed by atoms with E-state index in [9.17, 15) is 4.79 Å². The van der Waals surface area contributed by atoms with Gasteiger partial charge in [-0.05, 0) is 30.5 Å². The number of aromatic nitrogens is 1. The average molecular weight is 379 g/mol. The largest absolute Gasteiger partial charge is 0.349 e. The minimum atomic E-state index is 0.0662. The van der Waals surface area contributed by atoms with Gasteiger partial charge in [-0.15, -0.1) is 11.3 Å². The van der Waals surface area contributed by atoms with Crippen LogP contribution in [0.15, 0.2) is 60.2 Å². The summed E-state index contributed by atoms with van der Waals surface area (Å²) in [7, 11) is 0. The first-order chi connectivity index (χ1) is 13.3. The van der Waals surface area contributed by atoms with E-state index in [0.29, 0.717) is 6.04 Å². The predicted octanol–water partition coefficient (Wildman–Crippen LogP) is 6.05. The van der Waals surface area contributed by atoms with Crippen LogP contribution in [0.3, 0.4) is 0 Å². The Balaban J connectivity index is 1.64. The second kappa shape index (κ2) is 8.57. The van der Waals surface area contributed by atoms with Gasteiger partial charge in [0.1, 0.15) is 4.88 Å². The lowest BCUT2D eigenvalue weighted by Gasteiger charge is -2.21. The predicted molar refractivity (Wildman–Crippen MR) is 113 cm³/mol. The lowest BCUT2D eigenvalue weighted by molar-refractivity contribution is 0.0934. The van der Waals surface area contributed by atoms with Crippen molar-refractivity contribution in [1.29, 1.82) is 0 Å². The molecule has 0 atom stereocenters. The Kier molecular flexibility index (Phi) is 5.73. The van der Waals surface area contributed by atoms with Crippen LogP contribution in [0.5, 0.6) is 0 Å². The summed E-state index contributed by atoms with van der Waals surface area (Å²) in [6, 6.07) is 14.6. The maximum absolute atomic E-state index is 13.2. The minimum absolute atomic E-state index is 0.0662. The van der Waals surface area contributed by atoms with Crippen molar-refractivity contribution in [2.75, 3.05) is 0 Å². The van der Waals surface area contributed by atoms with Gasteiger partial charge < -0.3 is 9.88 Å². The third-order valence-electron chi connectivity index (χ3n) is 5.36. The van der Waals surface area contributed by atoms with Crippen LogP contribution in [0.25, 0.3) is 16.8 Å². The van der Waals surface area contributed by atoms with Gasteiger partial charge in [0.25, 0.3) is 5.91 Å².